The minimum atomic E-state index is 0.517. The molecule has 0 saturated carbocycles. The van der Waals surface area contributed by atoms with Gasteiger partial charge in [-0.1, -0.05) is 6.07 Å². The molecule has 0 atom stereocenters. The van der Waals surface area contributed by atoms with Crippen LogP contribution in [-0.4, -0.2) is 28.8 Å². The molecule has 3 heterocycles. The number of pyridine rings is 1. The van der Waals surface area contributed by atoms with Crippen LogP contribution in [0.4, 0.5) is 5.82 Å². The SMILES string of the molecule is O=Cc1ncn2c(N3CCCCC3)cccc12. The molecule has 0 unspecified atom stereocenters. The highest BCUT2D eigenvalue weighted by molar-refractivity contribution is 5.84. The first kappa shape index (κ1) is 10.3. The summed E-state index contributed by atoms with van der Waals surface area (Å²) in [4.78, 5) is 17.4. The van der Waals surface area contributed by atoms with Crippen LogP contribution in [0.1, 0.15) is 29.8 Å². The summed E-state index contributed by atoms with van der Waals surface area (Å²) in [5.74, 6) is 1.14. The average Bonchev–Trinajstić information content (AvgIpc) is 2.82. The summed E-state index contributed by atoms with van der Waals surface area (Å²) in [7, 11) is 0. The lowest BCUT2D eigenvalue weighted by molar-refractivity contribution is 0.112. The molecule has 0 spiro atoms. The maximum atomic E-state index is 10.9. The first-order valence-corrected chi connectivity index (χ1v) is 6.06. The molecule has 0 aromatic carbocycles. The molecule has 0 amide bonds. The number of imidazole rings is 1. The van der Waals surface area contributed by atoms with E-state index in [-0.39, 0.29) is 0 Å². The molecule has 4 heteroatoms. The van der Waals surface area contributed by atoms with Crippen molar-refractivity contribution in [2.75, 3.05) is 18.0 Å². The van der Waals surface area contributed by atoms with E-state index in [1.807, 2.05) is 16.5 Å². The smallest absolute Gasteiger partial charge is 0.170 e. The first-order chi connectivity index (χ1) is 8.40. The van der Waals surface area contributed by atoms with Gasteiger partial charge in [0.2, 0.25) is 0 Å². The fourth-order valence-electron chi connectivity index (χ4n) is 2.50. The van der Waals surface area contributed by atoms with Crippen LogP contribution >= 0.6 is 0 Å². The third-order valence-electron chi connectivity index (χ3n) is 3.37. The Labute approximate surface area is 99.9 Å². The van der Waals surface area contributed by atoms with Gasteiger partial charge in [0, 0.05) is 13.1 Å². The van der Waals surface area contributed by atoms with Gasteiger partial charge in [0.15, 0.2) is 6.29 Å². The molecule has 3 rings (SSSR count). The molecular formula is C13H15N3O. The van der Waals surface area contributed by atoms with E-state index in [0.717, 1.165) is 30.7 Å². The summed E-state index contributed by atoms with van der Waals surface area (Å²) in [6, 6.07) is 6.02. The molecule has 2 aromatic heterocycles. The van der Waals surface area contributed by atoms with E-state index >= 15 is 0 Å². The lowest BCUT2D eigenvalue weighted by atomic mass is 10.1. The van der Waals surface area contributed by atoms with Gasteiger partial charge in [0.05, 0.1) is 5.52 Å². The molecule has 88 valence electrons. The van der Waals surface area contributed by atoms with E-state index in [2.05, 4.69) is 16.0 Å². The second-order valence-corrected chi connectivity index (χ2v) is 4.43. The highest BCUT2D eigenvalue weighted by atomic mass is 16.1. The number of carbonyl (C=O) groups excluding carboxylic acids is 1. The zero-order valence-electron chi connectivity index (χ0n) is 9.67. The zero-order valence-corrected chi connectivity index (χ0v) is 9.67. The van der Waals surface area contributed by atoms with E-state index in [0.29, 0.717) is 5.69 Å². The number of rotatable bonds is 2. The second kappa shape index (κ2) is 4.20. The number of nitrogens with zero attached hydrogens (tertiary/aromatic N) is 3. The molecule has 0 radical (unpaired) electrons. The molecule has 0 N–H and O–H groups in total. The largest absolute Gasteiger partial charge is 0.358 e. The van der Waals surface area contributed by atoms with Crippen LogP contribution in [0.5, 0.6) is 0 Å². The van der Waals surface area contributed by atoms with Crippen LogP contribution in [0.2, 0.25) is 0 Å². The van der Waals surface area contributed by atoms with Gasteiger partial charge in [0.25, 0.3) is 0 Å². The quantitative estimate of drug-likeness (QED) is 0.740. The minimum absolute atomic E-state index is 0.517. The van der Waals surface area contributed by atoms with Gasteiger partial charge in [-0.25, -0.2) is 4.98 Å². The Morgan fingerprint density at radius 1 is 1.18 bits per heavy atom. The van der Waals surface area contributed by atoms with E-state index in [1.165, 1.54) is 19.3 Å². The van der Waals surface area contributed by atoms with Crippen molar-refractivity contribution in [3.8, 4) is 0 Å². The molecule has 1 aliphatic heterocycles. The second-order valence-electron chi connectivity index (χ2n) is 4.43. The predicted molar refractivity (Wildman–Crippen MR) is 66.6 cm³/mol. The number of hydrogen-bond acceptors (Lipinski definition) is 3. The summed E-state index contributed by atoms with van der Waals surface area (Å²) in [6.07, 6.45) is 6.35. The van der Waals surface area contributed by atoms with Crippen LogP contribution in [0.25, 0.3) is 5.52 Å². The Balaban J connectivity index is 2.09. The molecular weight excluding hydrogens is 214 g/mol. The maximum Gasteiger partial charge on any atom is 0.170 e. The van der Waals surface area contributed by atoms with Crippen molar-refractivity contribution < 1.29 is 4.79 Å². The normalized spacial score (nSPS) is 16.4. The Morgan fingerprint density at radius 2 is 2.00 bits per heavy atom. The van der Waals surface area contributed by atoms with E-state index < -0.39 is 0 Å². The van der Waals surface area contributed by atoms with E-state index in [4.69, 9.17) is 0 Å². The number of aromatic nitrogens is 2. The van der Waals surface area contributed by atoms with Crippen molar-refractivity contribution >= 4 is 17.6 Å². The molecule has 2 aromatic rings. The van der Waals surface area contributed by atoms with Crippen molar-refractivity contribution in [2.24, 2.45) is 0 Å². The molecule has 0 aliphatic carbocycles. The van der Waals surface area contributed by atoms with Gasteiger partial charge < -0.3 is 4.90 Å². The Kier molecular flexibility index (Phi) is 2.55. The van der Waals surface area contributed by atoms with Gasteiger partial charge in [-0.2, -0.15) is 0 Å². The van der Waals surface area contributed by atoms with Gasteiger partial charge >= 0.3 is 0 Å². The van der Waals surface area contributed by atoms with Crippen LogP contribution in [0.3, 0.4) is 0 Å². The van der Waals surface area contributed by atoms with E-state index in [1.54, 1.807) is 6.33 Å². The Hall–Kier alpha value is -1.84. The maximum absolute atomic E-state index is 10.9. The number of anilines is 1. The third-order valence-corrected chi connectivity index (χ3v) is 3.37. The predicted octanol–water partition coefficient (Wildman–Crippen LogP) is 2.14. The number of aldehydes is 1. The van der Waals surface area contributed by atoms with Crippen LogP contribution in [0.15, 0.2) is 24.5 Å². The van der Waals surface area contributed by atoms with Crippen molar-refractivity contribution in [2.45, 2.75) is 19.3 Å². The topological polar surface area (TPSA) is 37.6 Å². The van der Waals surface area contributed by atoms with Gasteiger partial charge in [-0.15, -0.1) is 0 Å². The Morgan fingerprint density at radius 3 is 2.76 bits per heavy atom. The summed E-state index contributed by atoms with van der Waals surface area (Å²) in [5.41, 5.74) is 1.41. The first-order valence-electron chi connectivity index (χ1n) is 6.06. The standard InChI is InChI=1S/C13H15N3O/c17-9-11-12-5-4-6-13(16(12)10-14-11)15-7-2-1-3-8-15/h4-6,9-10H,1-3,7-8H2. The van der Waals surface area contributed by atoms with Crippen molar-refractivity contribution in [1.29, 1.82) is 0 Å². The third kappa shape index (κ3) is 1.69. The number of carbonyl (C=O) groups is 1. The van der Waals surface area contributed by atoms with Crippen molar-refractivity contribution in [1.82, 2.24) is 9.38 Å². The Bertz CT molecular complexity index is 541. The number of hydrogen-bond donors (Lipinski definition) is 0. The van der Waals surface area contributed by atoms with Crippen LogP contribution in [0, 0.1) is 0 Å². The summed E-state index contributed by atoms with van der Waals surface area (Å²) < 4.78 is 2.01. The van der Waals surface area contributed by atoms with Gasteiger partial charge in [-0.3, -0.25) is 9.20 Å². The minimum Gasteiger partial charge on any atom is -0.358 e. The van der Waals surface area contributed by atoms with Gasteiger partial charge in [0.1, 0.15) is 17.8 Å². The van der Waals surface area contributed by atoms with Crippen molar-refractivity contribution in [3.05, 3.63) is 30.2 Å². The summed E-state index contributed by atoms with van der Waals surface area (Å²) in [5, 5.41) is 0. The lowest BCUT2D eigenvalue weighted by Gasteiger charge is -2.29. The highest BCUT2D eigenvalue weighted by Crippen LogP contribution is 2.22. The zero-order chi connectivity index (χ0) is 11.7. The van der Waals surface area contributed by atoms with E-state index in [9.17, 15) is 4.79 Å². The van der Waals surface area contributed by atoms with Crippen molar-refractivity contribution in [3.63, 3.8) is 0 Å². The van der Waals surface area contributed by atoms with Crippen LogP contribution < -0.4 is 4.90 Å². The summed E-state index contributed by atoms with van der Waals surface area (Å²) in [6.45, 7) is 2.18. The fourth-order valence-corrected chi connectivity index (χ4v) is 2.50. The molecule has 1 fully saturated rings. The molecule has 17 heavy (non-hydrogen) atoms. The average molecular weight is 229 g/mol. The number of fused-ring (bicyclic) bond motifs is 1. The molecule has 0 bridgehead atoms. The highest BCUT2D eigenvalue weighted by Gasteiger charge is 2.14. The number of piperidine rings is 1. The van der Waals surface area contributed by atoms with Crippen LogP contribution in [-0.2, 0) is 0 Å². The van der Waals surface area contributed by atoms with Gasteiger partial charge in [-0.05, 0) is 31.4 Å². The fraction of sp³-hybridized carbons (Fsp3) is 0.385. The lowest BCUT2D eigenvalue weighted by Crippen LogP contribution is -2.30. The molecule has 4 nitrogen and oxygen atoms in total. The summed E-state index contributed by atoms with van der Waals surface area (Å²) >= 11 is 0. The molecule has 1 aliphatic rings. The molecule has 1 saturated heterocycles. The monoisotopic (exact) mass is 229 g/mol.